The minimum Gasteiger partial charge on any atom is -0.493 e. The van der Waals surface area contributed by atoms with E-state index < -0.39 is 0 Å². The van der Waals surface area contributed by atoms with E-state index in [1.807, 2.05) is 30.3 Å². The summed E-state index contributed by atoms with van der Waals surface area (Å²) in [5, 5.41) is 0. The Morgan fingerprint density at radius 3 is 2.28 bits per heavy atom. The van der Waals surface area contributed by atoms with Crippen LogP contribution in [0.2, 0.25) is 0 Å². The van der Waals surface area contributed by atoms with Crippen LogP contribution in [0.25, 0.3) is 0 Å². The van der Waals surface area contributed by atoms with Crippen LogP contribution in [-0.4, -0.2) is 68.6 Å². The number of carbonyl (C=O) groups is 2. The molecule has 0 saturated carbocycles. The first kappa shape index (κ1) is 20.5. The molecule has 7 nitrogen and oxygen atoms in total. The summed E-state index contributed by atoms with van der Waals surface area (Å²) in [5.74, 6) is 1.61. The van der Waals surface area contributed by atoms with Crippen LogP contribution in [-0.2, 0) is 4.79 Å². The Morgan fingerprint density at radius 2 is 1.55 bits per heavy atom. The molecular formula is C22H26N2O5. The third kappa shape index (κ3) is 5.19. The van der Waals surface area contributed by atoms with E-state index in [2.05, 4.69) is 0 Å². The molecule has 154 valence electrons. The fourth-order valence-corrected chi connectivity index (χ4v) is 3.27. The number of benzene rings is 2. The molecule has 0 aliphatic carbocycles. The SMILES string of the molecule is COc1ccc(C(=O)N2CCCN(C(=O)COc3ccccc3)CC2)cc1OC. The Morgan fingerprint density at radius 1 is 0.862 bits per heavy atom. The van der Waals surface area contributed by atoms with Crippen LogP contribution in [0.5, 0.6) is 17.2 Å². The van der Waals surface area contributed by atoms with Gasteiger partial charge in [0.05, 0.1) is 14.2 Å². The van der Waals surface area contributed by atoms with Gasteiger partial charge >= 0.3 is 0 Å². The van der Waals surface area contributed by atoms with Gasteiger partial charge < -0.3 is 24.0 Å². The van der Waals surface area contributed by atoms with Gasteiger partial charge in [-0.25, -0.2) is 0 Å². The van der Waals surface area contributed by atoms with Crippen molar-refractivity contribution in [2.24, 2.45) is 0 Å². The summed E-state index contributed by atoms with van der Waals surface area (Å²) >= 11 is 0. The summed E-state index contributed by atoms with van der Waals surface area (Å²) < 4.78 is 16.1. The maximum atomic E-state index is 12.9. The number of hydrogen-bond acceptors (Lipinski definition) is 5. The van der Waals surface area contributed by atoms with Gasteiger partial charge in [0.25, 0.3) is 11.8 Å². The van der Waals surface area contributed by atoms with Crippen molar-refractivity contribution in [1.29, 1.82) is 0 Å². The van der Waals surface area contributed by atoms with Gasteiger partial charge in [-0.1, -0.05) is 18.2 Å². The van der Waals surface area contributed by atoms with Crippen LogP contribution < -0.4 is 14.2 Å². The lowest BCUT2D eigenvalue weighted by atomic mass is 10.1. The van der Waals surface area contributed by atoms with Crippen LogP contribution in [0, 0.1) is 0 Å². The highest BCUT2D eigenvalue weighted by molar-refractivity contribution is 5.95. The largest absolute Gasteiger partial charge is 0.493 e. The van der Waals surface area contributed by atoms with Gasteiger partial charge in [-0.15, -0.1) is 0 Å². The smallest absolute Gasteiger partial charge is 0.260 e. The normalized spacial score (nSPS) is 14.1. The number of ether oxygens (including phenoxy) is 3. The van der Waals surface area contributed by atoms with Gasteiger partial charge in [-0.05, 0) is 36.8 Å². The molecule has 0 atom stereocenters. The molecule has 2 aromatic carbocycles. The number of methoxy groups -OCH3 is 2. The summed E-state index contributed by atoms with van der Waals surface area (Å²) in [7, 11) is 3.10. The van der Waals surface area contributed by atoms with E-state index in [1.54, 1.807) is 42.2 Å². The highest BCUT2D eigenvalue weighted by atomic mass is 16.5. The van der Waals surface area contributed by atoms with Gasteiger partial charge in [0, 0.05) is 31.7 Å². The lowest BCUT2D eigenvalue weighted by molar-refractivity contribution is -0.133. The molecule has 0 aromatic heterocycles. The molecule has 1 saturated heterocycles. The molecule has 2 aromatic rings. The van der Waals surface area contributed by atoms with Gasteiger partial charge in [0.1, 0.15) is 5.75 Å². The van der Waals surface area contributed by atoms with E-state index in [0.717, 1.165) is 6.42 Å². The molecule has 0 spiro atoms. The van der Waals surface area contributed by atoms with Crippen LogP contribution in [0.15, 0.2) is 48.5 Å². The predicted octanol–water partition coefficient (Wildman–Crippen LogP) is 2.46. The molecule has 0 unspecified atom stereocenters. The Kier molecular flexibility index (Phi) is 6.94. The van der Waals surface area contributed by atoms with Crippen molar-refractivity contribution in [2.45, 2.75) is 6.42 Å². The molecular weight excluding hydrogens is 372 g/mol. The molecule has 1 fully saturated rings. The number of rotatable bonds is 6. The molecule has 0 bridgehead atoms. The maximum Gasteiger partial charge on any atom is 0.260 e. The minimum atomic E-state index is -0.0826. The zero-order valence-electron chi connectivity index (χ0n) is 16.8. The molecule has 3 rings (SSSR count). The van der Waals surface area contributed by atoms with E-state index in [-0.39, 0.29) is 18.4 Å². The summed E-state index contributed by atoms with van der Waals surface area (Å²) in [4.78, 5) is 28.9. The first-order valence-corrected chi connectivity index (χ1v) is 9.59. The average molecular weight is 398 g/mol. The third-order valence-electron chi connectivity index (χ3n) is 4.87. The summed E-state index contributed by atoms with van der Waals surface area (Å²) in [6, 6.07) is 14.4. The van der Waals surface area contributed by atoms with Crippen molar-refractivity contribution in [1.82, 2.24) is 9.80 Å². The molecule has 2 amide bonds. The van der Waals surface area contributed by atoms with Crippen molar-refractivity contribution in [3.8, 4) is 17.2 Å². The first-order valence-electron chi connectivity index (χ1n) is 9.59. The van der Waals surface area contributed by atoms with Gasteiger partial charge in [-0.3, -0.25) is 9.59 Å². The Labute approximate surface area is 170 Å². The van der Waals surface area contributed by atoms with E-state index >= 15 is 0 Å². The quantitative estimate of drug-likeness (QED) is 0.748. The highest BCUT2D eigenvalue weighted by Crippen LogP contribution is 2.28. The van der Waals surface area contributed by atoms with Crippen molar-refractivity contribution in [3.05, 3.63) is 54.1 Å². The second-order valence-electron chi connectivity index (χ2n) is 6.70. The average Bonchev–Trinajstić information content (AvgIpc) is 3.03. The molecule has 1 aliphatic rings. The third-order valence-corrected chi connectivity index (χ3v) is 4.87. The second kappa shape index (κ2) is 9.82. The molecule has 1 heterocycles. The van der Waals surface area contributed by atoms with E-state index in [0.29, 0.717) is 49.0 Å². The van der Waals surface area contributed by atoms with Gasteiger partial charge in [-0.2, -0.15) is 0 Å². The van der Waals surface area contributed by atoms with Crippen molar-refractivity contribution >= 4 is 11.8 Å². The first-order chi connectivity index (χ1) is 14.1. The van der Waals surface area contributed by atoms with E-state index in [4.69, 9.17) is 14.2 Å². The Balaban J connectivity index is 1.57. The summed E-state index contributed by atoms with van der Waals surface area (Å²) in [6.45, 7) is 2.15. The number of nitrogens with zero attached hydrogens (tertiary/aromatic N) is 2. The van der Waals surface area contributed by atoms with Gasteiger partial charge in [0.2, 0.25) is 0 Å². The molecule has 29 heavy (non-hydrogen) atoms. The topological polar surface area (TPSA) is 68.3 Å². The molecule has 0 radical (unpaired) electrons. The molecule has 0 N–H and O–H groups in total. The monoisotopic (exact) mass is 398 g/mol. The Hall–Kier alpha value is -3.22. The lowest BCUT2D eigenvalue weighted by Gasteiger charge is -2.22. The highest BCUT2D eigenvalue weighted by Gasteiger charge is 2.23. The summed E-state index contributed by atoms with van der Waals surface area (Å²) in [6.07, 6.45) is 0.718. The van der Waals surface area contributed by atoms with Crippen molar-refractivity contribution in [2.75, 3.05) is 47.0 Å². The minimum absolute atomic E-state index is 0.00631. The number of hydrogen-bond donors (Lipinski definition) is 0. The number of carbonyl (C=O) groups excluding carboxylic acids is 2. The summed E-state index contributed by atoms with van der Waals surface area (Å²) in [5.41, 5.74) is 0.537. The van der Waals surface area contributed by atoms with Crippen LogP contribution in [0.1, 0.15) is 16.8 Å². The van der Waals surface area contributed by atoms with Crippen LogP contribution >= 0.6 is 0 Å². The van der Waals surface area contributed by atoms with Crippen LogP contribution in [0.4, 0.5) is 0 Å². The fraction of sp³-hybridized carbons (Fsp3) is 0.364. The van der Waals surface area contributed by atoms with Crippen molar-refractivity contribution in [3.63, 3.8) is 0 Å². The molecule has 7 heteroatoms. The van der Waals surface area contributed by atoms with E-state index in [9.17, 15) is 9.59 Å². The number of para-hydroxylation sites is 1. The Bertz CT molecular complexity index is 840. The van der Waals surface area contributed by atoms with Crippen LogP contribution in [0.3, 0.4) is 0 Å². The fourth-order valence-electron chi connectivity index (χ4n) is 3.27. The lowest BCUT2D eigenvalue weighted by Crippen LogP contribution is -2.39. The second-order valence-corrected chi connectivity index (χ2v) is 6.70. The predicted molar refractivity (Wildman–Crippen MR) is 109 cm³/mol. The molecule has 1 aliphatic heterocycles. The standard InChI is InChI=1S/C22H26N2O5/c1-27-19-10-9-17(15-20(19)28-2)22(26)24-12-6-11-23(13-14-24)21(25)16-29-18-7-4-3-5-8-18/h3-5,7-10,15H,6,11-14,16H2,1-2H3. The maximum absolute atomic E-state index is 12.9. The van der Waals surface area contributed by atoms with E-state index in [1.165, 1.54) is 0 Å². The zero-order chi connectivity index (χ0) is 20.6. The number of amides is 2. The van der Waals surface area contributed by atoms with Gasteiger partial charge in [0.15, 0.2) is 18.1 Å². The van der Waals surface area contributed by atoms with Crippen molar-refractivity contribution < 1.29 is 23.8 Å². The zero-order valence-corrected chi connectivity index (χ0v) is 16.8.